The van der Waals surface area contributed by atoms with E-state index in [4.69, 9.17) is 0 Å². The van der Waals surface area contributed by atoms with Gasteiger partial charge in [0, 0.05) is 31.0 Å². The number of rotatable bonds is 8. The van der Waals surface area contributed by atoms with E-state index in [9.17, 15) is 4.79 Å². The van der Waals surface area contributed by atoms with Crippen LogP contribution in [0.3, 0.4) is 0 Å². The number of hydrogen-bond donors (Lipinski definition) is 2. The predicted octanol–water partition coefficient (Wildman–Crippen LogP) is 4.47. The van der Waals surface area contributed by atoms with Gasteiger partial charge >= 0.3 is 0 Å². The molecule has 2 N–H and O–H groups in total. The molecule has 1 aromatic carbocycles. The van der Waals surface area contributed by atoms with Crippen LogP contribution in [0, 0.1) is 0 Å². The Morgan fingerprint density at radius 3 is 2.59 bits per heavy atom. The maximum absolute atomic E-state index is 12.2. The van der Waals surface area contributed by atoms with Crippen LogP contribution in [-0.4, -0.2) is 41.5 Å². The Kier molecular flexibility index (Phi) is 7.77. The molecule has 27 heavy (non-hydrogen) atoms. The average molecular weight is 406 g/mol. The number of hydrogen-bond acceptors (Lipinski definition) is 7. The first-order valence-electron chi connectivity index (χ1n) is 9.59. The number of carbonyl (C=O) groups is 1. The quantitative estimate of drug-likeness (QED) is 0.632. The lowest BCUT2D eigenvalue weighted by atomic mass is 10.2. The molecular weight excluding hydrogens is 378 g/mol. The molecule has 0 spiro atoms. The Balaban J connectivity index is 1.45. The summed E-state index contributed by atoms with van der Waals surface area (Å²) in [7, 11) is 0. The molecule has 8 heteroatoms. The summed E-state index contributed by atoms with van der Waals surface area (Å²) in [6.07, 6.45) is 6.22. The van der Waals surface area contributed by atoms with Crippen molar-refractivity contribution < 1.29 is 4.79 Å². The first-order chi connectivity index (χ1) is 13.2. The van der Waals surface area contributed by atoms with Crippen LogP contribution in [0.5, 0.6) is 0 Å². The van der Waals surface area contributed by atoms with E-state index in [0.717, 1.165) is 41.2 Å². The van der Waals surface area contributed by atoms with E-state index in [1.165, 1.54) is 54.5 Å². The second kappa shape index (κ2) is 10.5. The Labute approximate surface area is 169 Å². The predicted molar refractivity (Wildman–Crippen MR) is 115 cm³/mol. The minimum absolute atomic E-state index is 0.0270. The van der Waals surface area contributed by atoms with Crippen LogP contribution < -0.4 is 15.5 Å². The summed E-state index contributed by atoms with van der Waals surface area (Å²) in [4.78, 5) is 14.6. The van der Waals surface area contributed by atoms with E-state index < -0.39 is 0 Å². The summed E-state index contributed by atoms with van der Waals surface area (Å²) < 4.78 is 0.806. The number of carbonyl (C=O) groups excluding carboxylic acids is 1. The first-order valence-corrected chi connectivity index (χ1v) is 11.4. The van der Waals surface area contributed by atoms with Crippen molar-refractivity contribution in [2.75, 3.05) is 40.9 Å². The molecule has 2 heterocycles. The normalized spacial score (nSPS) is 14.6. The van der Waals surface area contributed by atoms with Crippen molar-refractivity contribution in [3.05, 3.63) is 24.3 Å². The van der Waals surface area contributed by atoms with Crippen LogP contribution in [-0.2, 0) is 4.79 Å². The van der Waals surface area contributed by atoms with Crippen LogP contribution in [0.1, 0.15) is 39.0 Å². The third kappa shape index (κ3) is 6.39. The van der Waals surface area contributed by atoms with Gasteiger partial charge in [0.25, 0.3) is 0 Å². The van der Waals surface area contributed by atoms with E-state index in [2.05, 4.69) is 44.8 Å². The lowest BCUT2D eigenvalue weighted by Crippen LogP contribution is -2.23. The summed E-state index contributed by atoms with van der Waals surface area (Å²) in [5, 5.41) is 15.2. The zero-order chi connectivity index (χ0) is 18.9. The third-order valence-corrected chi connectivity index (χ3v) is 6.40. The molecular formula is C19H27N5OS2. The fraction of sp³-hybridized carbons (Fsp3) is 0.526. The van der Waals surface area contributed by atoms with Gasteiger partial charge < -0.3 is 15.5 Å². The second-order valence-corrected chi connectivity index (χ2v) is 8.78. The molecule has 0 radical (unpaired) electrons. The smallest absolute Gasteiger partial charge is 0.234 e. The molecule has 0 unspecified atom stereocenters. The van der Waals surface area contributed by atoms with Crippen molar-refractivity contribution in [1.29, 1.82) is 0 Å². The van der Waals surface area contributed by atoms with Crippen LogP contribution in [0.15, 0.2) is 28.6 Å². The molecule has 1 aliphatic heterocycles. The van der Waals surface area contributed by atoms with Gasteiger partial charge in [-0.25, -0.2) is 0 Å². The maximum Gasteiger partial charge on any atom is 0.234 e. The number of benzene rings is 1. The van der Waals surface area contributed by atoms with E-state index >= 15 is 0 Å². The van der Waals surface area contributed by atoms with Crippen LogP contribution in [0.4, 0.5) is 16.5 Å². The summed E-state index contributed by atoms with van der Waals surface area (Å²) in [6.45, 7) is 5.24. The Morgan fingerprint density at radius 1 is 1.15 bits per heavy atom. The van der Waals surface area contributed by atoms with E-state index in [0.29, 0.717) is 5.75 Å². The van der Waals surface area contributed by atoms with Crippen molar-refractivity contribution in [3.8, 4) is 0 Å². The fourth-order valence-corrected chi connectivity index (χ4v) is 4.56. The number of nitrogens with one attached hydrogen (secondary N) is 2. The van der Waals surface area contributed by atoms with Gasteiger partial charge in [-0.05, 0) is 43.5 Å². The topological polar surface area (TPSA) is 70.1 Å². The second-order valence-electron chi connectivity index (χ2n) is 6.58. The molecule has 6 nitrogen and oxygen atoms in total. The highest BCUT2D eigenvalue weighted by Gasteiger charge is 2.11. The standard InChI is InChI=1S/C19H27N5OS2/c1-2-11-20-18-22-23-19(27-18)26-14-17(25)21-15-7-9-16(10-8-15)24-12-5-3-4-6-13-24/h7-10H,2-6,11-14H2,1H3,(H,20,22)(H,21,25). The summed E-state index contributed by atoms with van der Waals surface area (Å²) >= 11 is 2.90. The maximum atomic E-state index is 12.2. The molecule has 1 amide bonds. The van der Waals surface area contributed by atoms with Gasteiger partial charge in [0.2, 0.25) is 11.0 Å². The van der Waals surface area contributed by atoms with Crippen molar-refractivity contribution in [2.24, 2.45) is 0 Å². The Morgan fingerprint density at radius 2 is 1.89 bits per heavy atom. The van der Waals surface area contributed by atoms with Crippen molar-refractivity contribution in [2.45, 2.75) is 43.4 Å². The van der Waals surface area contributed by atoms with Gasteiger partial charge in [0.05, 0.1) is 5.75 Å². The molecule has 0 saturated carbocycles. The van der Waals surface area contributed by atoms with Gasteiger partial charge in [-0.2, -0.15) is 0 Å². The zero-order valence-corrected chi connectivity index (χ0v) is 17.4. The lowest BCUT2D eigenvalue weighted by Gasteiger charge is -2.22. The number of amides is 1. The van der Waals surface area contributed by atoms with E-state index in [1.54, 1.807) is 0 Å². The minimum Gasteiger partial charge on any atom is -0.372 e. The number of anilines is 3. The Hall–Kier alpha value is -1.80. The molecule has 2 aromatic rings. The van der Waals surface area contributed by atoms with Gasteiger partial charge in [0.1, 0.15) is 0 Å². The van der Waals surface area contributed by atoms with Crippen LogP contribution >= 0.6 is 23.1 Å². The molecule has 1 fully saturated rings. The highest BCUT2D eigenvalue weighted by molar-refractivity contribution is 8.01. The van der Waals surface area contributed by atoms with Crippen LogP contribution in [0.25, 0.3) is 0 Å². The van der Waals surface area contributed by atoms with Crippen molar-refractivity contribution in [1.82, 2.24) is 10.2 Å². The Bertz CT molecular complexity index is 711. The summed E-state index contributed by atoms with van der Waals surface area (Å²) in [5.41, 5.74) is 2.08. The number of nitrogens with zero attached hydrogens (tertiary/aromatic N) is 3. The minimum atomic E-state index is -0.0270. The number of aromatic nitrogens is 2. The van der Waals surface area contributed by atoms with E-state index in [-0.39, 0.29) is 5.91 Å². The molecule has 0 atom stereocenters. The third-order valence-electron chi connectivity index (χ3n) is 4.38. The van der Waals surface area contributed by atoms with Crippen molar-refractivity contribution >= 4 is 45.5 Å². The SMILES string of the molecule is CCCNc1nnc(SCC(=O)Nc2ccc(N3CCCCCC3)cc2)s1. The molecule has 0 aliphatic carbocycles. The molecule has 1 aromatic heterocycles. The van der Waals surface area contributed by atoms with Crippen LogP contribution in [0.2, 0.25) is 0 Å². The monoisotopic (exact) mass is 405 g/mol. The van der Waals surface area contributed by atoms with Gasteiger partial charge in [-0.15, -0.1) is 10.2 Å². The first kappa shape index (κ1) is 19.9. The fourth-order valence-electron chi connectivity index (χ4n) is 2.98. The molecule has 146 valence electrons. The van der Waals surface area contributed by atoms with Gasteiger partial charge in [0.15, 0.2) is 4.34 Å². The highest BCUT2D eigenvalue weighted by Crippen LogP contribution is 2.26. The average Bonchev–Trinajstić information content (AvgIpc) is 2.96. The highest BCUT2D eigenvalue weighted by atomic mass is 32.2. The van der Waals surface area contributed by atoms with E-state index in [1.807, 2.05) is 12.1 Å². The molecule has 1 aliphatic rings. The molecule has 3 rings (SSSR count). The molecule has 1 saturated heterocycles. The number of thioether (sulfide) groups is 1. The summed E-state index contributed by atoms with van der Waals surface area (Å²) in [6, 6.07) is 8.18. The zero-order valence-electron chi connectivity index (χ0n) is 15.7. The van der Waals surface area contributed by atoms with Crippen molar-refractivity contribution in [3.63, 3.8) is 0 Å². The summed E-state index contributed by atoms with van der Waals surface area (Å²) in [5.74, 6) is 0.303. The van der Waals surface area contributed by atoms with Gasteiger partial charge in [-0.3, -0.25) is 4.79 Å². The molecule has 0 bridgehead atoms. The van der Waals surface area contributed by atoms with Gasteiger partial charge in [-0.1, -0.05) is 42.9 Å². The largest absolute Gasteiger partial charge is 0.372 e. The lowest BCUT2D eigenvalue weighted by molar-refractivity contribution is -0.113.